The summed E-state index contributed by atoms with van der Waals surface area (Å²) in [6.07, 6.45) is 5.19. The molecular formula is C19H26N2O4. The lowest BCUT2D eigenvalue weighted by Gasteiger charge is -2.26. The third kappa shape index (κ3) is 5.89. The van der Waals surface area contributed by atoms with Crippen molar-refractivity contribution in [3.63, 3.8) is 0 Å². The van der Waals surface area contributed by atoms with Crippen LogP contribution in [0.25, 0.3) is 0 Å². The zero-order valence-electron chi connectivity index (χ0n) is 14.7. The zero-order valence-corrected chi connectivity index (χ0v) is 14.7. The number of carboxylic acids is 1. The van der Waals surface area contributed by atoms with Gasteiger partial charge in [0.15, 0.2) is 0 Å². The summed E-state index contributed by atoms with van der Waals surface area (Å²) >= 11 is 0. The second kappa shape index (κ2) is 8.65. The molecule has 1 fully saturated rings. The molecule has 136 valence electrons. The maximum absolute atomic E-state index is 12.2. The topological polar surface area (TPSA) is 95.5 Å². The highest BCUT2D eigenvalue weighted by Crippen LogP contribution is 2.30. The van der Waals surface area contributed by atoms with E-state index in [9.17, 15) is 14.4 Å². The van der Waals surface area contributed by atoms with E-state index in [0.717, 1.165) is 12.8 Å². The molecule has 1 aliphatic carbocycles. The molecule has 2 rings (SSSR count). The first-order valence-corrected chi connectivity index (χ1v) is 8.78. The molecule has 0 aliphatic heterocycles. The van der Waals surface area contributed by atoms with Gasteiger partial charge in [0.25, 0.3) is 5.91 Å². The first-order valence-electron chi connectivity index (χ1n) is 8.78. The standard InChI is InChI=1S/C19H26N2O4/c1-12-4-3-5-14(10-12)11-17(22)21-16-8-6-15(7-9-16)18(23)20-13(2)19(24)25/h6-9,12-14H,3-5,10-11H2,1-2H3,(H,20,23)(H,21,22)(H,24,25). The van der Waals surface area contributed by atoms with Crippen LogP contribution >= 0.6 is 0 Å². The Morgan fingerprint density at radius 3 is 2.48 bits per heavy atom. The summed E-state index contributed by atoms with van der Waals surface area (Å²) in [5.41, 5.74) is 0.990. The number of hydrogen-bond acceptors (Lipinski definition) is 3. The molecule has 0 spiro atoms. The van der Waals surface area contributed by atoms with Gasteiger partial charge in [-0.1, -0.05) is 19.8 Å². The summed E-state index contributed by atoms with van der Waals surface area (Å²) in [5.74, 6) is -0.405. The lowest BCUT2D eigenvalue weighted by atomic mass is 9.81. The van der Waals surface area contributed by atoms with E-state index in [1.54, 1.807) is 24.3 Å². The highest BCUT2D eigenvalue weighted by Gasteiger charge is 2.21. The molecule has 1 aliphatic rings. The highest BCUT2D eigenvalue weighted by atomic mass is 16.4. The largest absolute Gasteiger partial charge is 0.480 e. The summed E-state index contributed by atoms with van der Waals surface area (Å²) in [6, 6.07) is 5.50. The Balaban J connectivity index is 1.86. The SMILES string of the molecule is CC1CCCC(CC(=O)Nc2ccc(C(=O)NC(C)C(=O)O)cc2)C1. The van der Waals surface area contributed by atoms with Crippen LogP contribution < -0.4 is 10.6 Å². The average molecular weight is 346 g/mol. The average Bonchev–Trinajstić information content (AvgIpc) is 2.55. The van der Waals surface area contributed by atoms with Gasteiger partial charge >= 0.3 is 5.97 Å². The van der Waals surface area contributed by atoms with Gasteiger partial charge in [0.05, 0.1) is 0 Å². The summed E-state index contributed by atoms with van der Waals surface area (Å²) in [7, 11) is 0. The van der Waals surface area contributed by atoms with Gasteiger partial charge in [-0.3, -0.25) is 14.4 Å². The molecule has 6 nitrogen and oxygen atoms in total. The molecular weight excluding hydrogens is 320 g/mol. The van der Waals surface area contributed by atoms with Crippen molar-refractivity contribution in [2.75, 3.05) is 5.32 Å². The summed E-state index contributed by atoms with van der Waals surface area (Å²) in [5, 5.41) is 14.1. The number of amides is 2. The van der Waals surface area contributed by atoms with Gasteiger partial charge in [0.2, 0.25) is 5.91 Å². The van der Waals surface area contributed by atoms with Crippen LogP contribution in [0.4, 0.5) is 5.69 Å². The molecule has 0 radical (unpaired) electrons. The summed E-state index contributed by atoms with van der Waals surface area (Å²) < 4.78 is 0. The van der Waals surface area contributed by atoms with Crippen molar-refractivity contribution < 1.29 is 19.5 Å². The monoisotopic (exact) mass is 346 g/mol. The Kier molecular flexibility index (Phi) is 6.56. The highest BCUT2D eigenvalue weighted by molar-refractivity contribution is 5.97. The third-order valence-corrected chi connectivity index (χ3v) is 4.67. The predicted octanol–water partition coefficient (Wildman–Crippen LogP) is 3.04. The molecule has 0 bridgehead atoms. The summed E-state index contributed by atoms with van der Waals surface area (Å²) in [6.45, 7) is 3.64. The van der Waals surface area contributed by atoms with Crippen LogP contribution in [-0.2, 0) is 9.59 Å². The second-order valence-corrected chi connectivity index (χ2v) is 7.00. The van der Waals surface area contributed by atoms with Gasteiger partial charge in [-0.15, -0.1) is 0 Å². The van der Waals surface area contributed by atoms with Crippen LogP contribution in [0.2, 0.25) is 0 Å². The van der Waals surface area contributed by atoms with E-state index >= 15 is 0 Å². The number of carboxylic acid groups (broad SMARTS) is 1. The molecule has 25 heavy (non-hydrogen) atoms. The van der Waals surface area contributed by atoms with Crippen molar-refractivity contribution in [2.45, 2.75) is 52.0 Å². The first-order chi connectivity index (χ1) is 11.8. The molecule has 3 unspecified atom stereocenters. The van der Waals surface area contributed by atoms with Crippen LogP contribution in [0.1, 0.15) is 56.3 Å². The molecule has 1 aromatic rings. The number of hydrogen-bond donors (Lipinski definition) is 3. The maximum Gasteiger partial charge on any atom is 0.325 e. The minimum atomic E-state index is -1.09. The van der Waals surface area contributed by atoms with Crippen molar-refractivity contribution in [3.8, 4) is 0 Å². The smallest absolute Gasteiger partial charge is 0.325 e. The van der Waals surface area contributed by atoms with Gasteiger partial charge in [-0.05, 0) is 55.9 Å². The molecule has 0 aromatic heterocycles. The molecule has 6 heteroatoms. The summed E-state index contributed by atoms with van der Waals surface area (Å²) in [4.78, 5) is 34.9. The fraction of sp³-hybridized carbons (Fsp3) is 0.526. The Labute approximate surface area is 148 Å². The van der Waals surface area contributed by atoms with E-state index in [1.165, 1.54) is 19.8 Å². The lowest BCUT2D eigenvalue weighted by Crippen LogP contribution is -2.38. The number of carbonyl (C=O) groups is 3. The number of anilines is 1. The molecule has 3 N–H and O–H groups in total. The Morgan fingerprint density at radius 2 is 1.88 bits per heavy atom. The van der Waals surface area contributed by atoms with Crippen LogP contribution in [0.3, 0.4) is 0 Å². The first kappa shape index (κ1) is 19.0. The molecule has 0 heterocycles. The van der Waals surface area contributed by atoms with E-state index < -0.39 is 17.9 Å². The normalized spacial score (nSPS) is 21.2. The van der Waals surface area contributed by atoms with Crippen molar-refractivity contribution in [3.05, 3.63) is 29.8 Å². The molecule has 1 saturated carbocycles. The zero-order chi connectivity index (χ0) is 18.4. The lowest BCUT2D eigenvalue weighted by molar-refractivity contribution is -0.138. The van der Waals surface area contributed by atoms with E-state index in [-0.39, 0.29) is 5.91 Å². The quantitative estimate of drug-likeness (QED) is 0.738. The number of nitrogens with one attached hydrogen (secondary N) is 2. The van der Waals surface area contributed by atoms with Crippen LogP contribution in [0.15, 0.2) is 24.3 Å². The van der Waals surface area contributed by atoms with Crippen molar-refractivity contribution in [1.29, 1.82) is 0 Å². The number of carbonyl (C=O) groups excluding carboxylic acids is 2. The minimum absolute atomic E-state index is 0.00389. The van der Waals surface area contributed by atoms with Gasteiger partial charge in [-0.2, -0.15) is 0 Å². The molecule has 3 atom stereocenters. The van der Waals surface area contributed by atoms with Crippen LogP contribution in [0.5, 0.6) is 0 Å². The van der Waals surface area contributed by atoms with E-state index in [0.29, 0.717) is 29.5 Å². The number of aliphatic carboxylic acids is 1. The van der Waals surface area contributed by atoms with Crippen LogP contribution in [0, 0.1) is 11.8 Å². The minimum Gasteiger partial charge on any atom is -0.480 e. The maximum atomic E-state index is 12.2. The molecule has 1 aromatic carbocycles. The predicted molar refractivity (Wildman–Crippen MR) is 95.4 cm³/mol. The van der Waals surface area contributed by atoms with Crippen molar-refractivity contribution in [2.24, 2.45) is 11.8 Å². The van der Waals surface area contributed by atoms with Crippen molar-refractivity contribution >= 4 is 23.5 Å². The number of benzene rings is 1. The molecule has 2 amide bonds. The van der Waals surface area contributed by atoms with Gasteiger partial charge in [0, 0.05) is 17.7 Å². The second-order valence-electron chi connectivity index (χ2n) is 7.00. The van der Waals surface area contributed by atoms with Gasteiger partial charge in [0.1, 0.15) is 6.04 Å². The van der Waals surface area contributed by atoms with E-state index in [2.05, 4.69) is 17.6 Å². The van der Waals surface area contributed by atoms with E-state index in [4.69, 9.17) is 5.11 Å². The fourth-order valence-electron chi connectivity index (χ4n) is 3.27. The fourth-order valence-corrected chi connectivity index (χ4v) is 3.27. The van der Waals surface area contributed by atoms with Crippen molar-refractivity contribution in [1.82, 2.24) is 5.32 Å². The van der Waals surface area contributed by atoms with E-state index in [1.807, 2.05) is 0 Å². The number of rotatable bonds is 6. The van der Waals surface area contributed by atoms with Crippen LogP contribution in [-0.4, -0.2) is 28.9 Å². The van der Waals surface area contributed by atoms with Gasteiger partial charge in [-0.25, -0.2) is 0 Å². The third-order valence-electron chi connectivity index (χ3n) is 4.67. The Morgan fingerprint density at radius 1 is 1.20 bits per heavy atom. The Bertz CT molecular complexity index is 627. The molecule has 0 saturated heterocycles. The Hall–Kier alpha value is -2.37. The van der Waals surface area contributed by atoms with Gasteiger partial charge < -0.3 is 15.7 Å².